The second-order valence-corrected chi connectivity index (χ2v) is 9.06. The van der Waals surface area contributed by atoms with Gasteiger partial charge in [0.25, 0.3) is 11.8 Å². The summed E-state index contributed by atoms with van der Waals surface area (Å²) in [6.07, 6.45) is 6.31. The van der Waals surface area contributed by atoms with Crippen LogP contribution in [-0.4, -0.2) is 60.2 Å². The van der Waals surface area contributed by atoms with E-state index in [0.29, 0.717) is 16.8 Å². The molecule has 2 N–H and O–H groups in total. The van der Waals surface area contributed by atoms with Gasteiger partial charge in [-0.05, 0) is 68.1 Å². The van der Waals surface area contributed by atoms with Crippen molar-refractivity contribution in [2.75, 3.05) is 43.4 Å². The average Bonchev–Trinajstić information content (AvgIpc) is 3.17. The Balaban J connectivity index is 1.52. The Morgan fingerprint density at radius 3 is 2.11 bits per heavy atom. The lowest BCUT2D eigenvalue weighted by Crippen LogP contribution is -2.32. The minimum atomic E-state index is -0.210. The SMILES string of the molecule is CCCN(CCC)C(=O)c1cccc(NC(=O)CNc2ccc(C(=O)N3CCCCCC3)cc2)c1. The molecule has 7 nitrogen and oxygen atoms in total. The number of nitrogens with one attached hydrogen (secondary N) is 2. The third-order valence-corrected chi connectivity index (χ3v) is 6.15. The van der Waals surface area contributed by atoms with Crippen LogP contribution in [0.5, 0.6) is 0 Å². The third kappa shape index (κ3) is 7.84. The molecule has 1 heterocycles. The Kier molecular flexibility index (Phi) is 10.1. The predicted molar refractivity (Wildman–Crippen MR) is 141 cm³/mol. The molecule has 0 radical (unpaired) electrons. The molecule has 1 fully saturated rings. The number of hydrogen-bond acceptors (Lipinski definition) is 4. The van der Waals surface area contributed by atoms with Gasteiger partial charge < -0.3 is 20.4 Å². The molecule has 0 saturated carbocycles. The molecule has 3 rings (SSSR count). The molecule has 0 aliphatic carbocycles. The fourth-order valence-electron chi connectivity index (χ4n) is 4.34. The van der Waals surface area contributed by atoms with Crippen LogP contribution < -0.4 is 10.6 Å². The summed E-state index contributed by atoms with van der Waals surface area (Å²) >= 11 is 0. The van der Waals surface area contributed by atoms with Gasteiger partial charge in [-0.15, -0.1) is 0 Å². The summed E-state index contributed by atoms with van der Waals surface area (Å²) in [5.74, 6) is -0.155. The van der Waals surface area contributed by atoms with E-state index < -0.39 is 0 Å². The average molecular weight is 479 g/mol. The summed E-state index contributed by atoms with van der Waals surface area (Å²) in [7, 11) is 0. The van der Waals surface area contributed by atoms with E-state index in [1.807, 2.05) is 21.9 Å². The van der Waals surface area contributed by atoms with Gasteiger partial charge in [-0.25, -0.2) is 0 Å². The standard InChI is InChI=1S/C28H38N4O3/c1-3-16-31(17-4-2)28(35)23-10-9-11-25(20-23)30-26(33)21-29-24-14-12-22(13-15-24)27(34)32-18-7-5-6-8-19-32/h9-15,20,29H,3-8,16-19,21H2,1-2H3,(H,30,33). The van der Waals surface area contributed by atoms with Gasteiger partial charge in [0.2, 0.25) is 5.91 Å². The molecule has 1 aliphatic rings. The molecule has 2 aromatic rings. The van der Waals surface area contributed by atoms with Crippen LogP contribution in [0.1, 0.15) is 73.1 Å². The molecule has 1 saturated heterocycles. The second kappa shape index (κ2) is 13.5. The van der Waals surface area contributed by atoms with Crippen LogP contribution in [-0.2, 0) is 4.79 Å². The predicted octanol–water partition coefficient (Wildman–Crippen LogP) is 5.02. The summed E-state index contributed by atoms with van der Waals surface area (Å²) in [4.78, 5) is 41.9. The molecule has 188 valence electrons. The molecule has 0 spiro atoms. The highest BCUT2D eigenvalue weighted by molar-refractivity contribution is 5.98. The molecule has 0 bridgehead atoms. The van der Waals surface area contributed by atoms with Gasteiger partial charge in [0.15, 0.2) is 0 Å². The maximum atomic E-state index is 12.8. The van der Waals surface area contributed by atoms with Crippen LogP contribution in [0.2, 0.25) is 0 Å². The van der Waals surface area contributed by atoms with Gasteiger partial charge in [-0.1, -0.05) is 32.8 Å². The molecule has 7 heteroatoms. The monoisotopic (exact) mass is 478 g/mol. The van der Waals surface area contributed by atoms with Gasteiger partial charge in [0.05, 0.1) is 6.54 Å². The maximum Gasteiger partial charge on any atom is 0.253 e. The van der Waals surface area contributed by atoms with Crippen LogP contribution in [0, 0.1) is 0 Å². The van der Waals surface area contributed by atoms with Gasteiger partial charge in [-0.3, -0.25) is 14.4 Å². The number of carbonyl (C=O) groups excluding carboxylic acids is 3. The summed E-state index contributed by atoms with van der Waals surface area (Å²) in [6.45, 7) is 7.27. The van der Waals surface area contributed by atoms with E-state index in [2.05, 4.69) is 24.5 Å². The number of amides is 3. The van der Waals surface area contributed by atoms with Gasteiger partial charge in [0, 0.05) is 48.7 Å². The normalized spacial score (nSPS) is 13.6. The van der Waals surface area contributed by atoms with Crippen LogP contribution in [0.15, 0.2) is 48.5 Å². The van der Waals surface area contributed by atoms with Gasteiger partial charge in [0.1, 0.15) is 0 Å². The summed E-state index contributed by atoms with van der Waals surface area (Å²) in [6, 6.07) is 14.3. The van der Waals surface area contributed by atoms with Crippen molar-refractivity contribution in [2.45, 2.75) is 52.4 Å². The van der Waals surface area contributed by atoms with E-state index in [0.717, 1.165) is 57.5 Å². The lowest BCUT2D eigenvalue weighted by Gasteiger charge is -2.21. The fourth-order valence-corrected chi connectivity index (χ4v) is 4.34. The van der Waals surface area contributed by atoms with Crippen molar-refractivity contribution in [3.8, 4) is 0 Å². The van der Waals surface area contributed by atoms with Crippen LogP contribution in [0.4, 0.5) is 11.4 Å². The van der Waals surface area contributed by atoms with E-state index >= 15 is 0 Å². The third-order valence-electron chi connectivity index (χ3n) is 6.15. The highest BCUT2D eigenvalue weighted by Crippen LogP contribution is 2.16. The number of hydrogen-bond donors (Lipinski definition) is 2. The van der Waals surface area contributed by atoms with Crippen molar-refractivity contribution in [2.24, 2.45) is 0 Å². The highest BCUT2D eigenvalue weighted by Gasteiger charge is 2.17. The Morgan fingerprint density at radius 1 is 0.829 bits per heavy atom. The summed E-state index contributed by atoms with van der Waals surface area (Å²) in [5, 5.41) is 5.95. The van der Waals surface area contributed by atoms with Gasteiger partial charge in [-0.2, -0.15) is 0 Å². The van der Waals surface area contributed by atoms with E-state index in [9.17, 15) is 14.4 Å². The summed E-state index contributed by atoms with van der Waals surface area (Å²) < 4.78 is 0. The first-order chi connectivity index (χ1) is 17.0. The second-order valence-electron chi connectivity index (χ2n) is 9.06. The zero-order valence-electron chi connectivity index (χ0n) is 21.0. The zero-order chi connectivity index (χ0) is 25.0. The van der Waals surface area contributed by atoms with Crippen LogP contribution >= 0.6 is 0 Å². The highest BCUT2D eigenvalue weighted by atomic mass is 16.2. The van der Waals surface area contributed by atoms with Gasteiger partial charge >= 0.3 is 0 Å². The first-order valence-corrected chi connectivity index (χ1v) is 12.8. The Bertz CT molecular complexity index is 976. The molecular formula is C28H38N4O3. The number of carbonyl (C=O) groups is 3. The largest absolute Gasteiger partial charge is 0.376 e. The lowest BCUT2D eigenvalue weighted by atomic mass is 10.1. The van der Waals surface area contributed by atoms with Crippen molar-refractivity contribution >= 4 is 29.1 Å². The maximum absolute atomic E-state index is 12.8. The first kappa shape index (κ1) is 26.3. The molecule has 3 amide bonds. The van der Waals surface area contributed by atoms with Crippen LogP contribution in [0.25, 0.3) is 0 Å². The smallest absolute Gasteiger partial charge is 0.253 e. The minimum Gasteiger partial charge on any atom is -0.376 e. The Hall–Kier alpha value is -3.35. The molecule has 2 aromatic carbocycles. The minimum absolute atomic E-state index is 0.0160. The van der Waals surface area contributed by atoms with Crippen molar-refractivity contribution in [3.63, 3.8) is 0 Å². The molecule has 35 heavy (non-hydrogen) atoms. The molecular weight excluding hydrogens is 440 g/mol. The number of nitrogens with zero attached hydrogens (tertiary/aromatic N) is 2. The molecule has 1 aliphatic heterocycles. The van der Waals surface area contributed by atoms with E-state index in [1.165, 1.54) is 12.8 Å². The zero-order valence-corrected chi connectivity index (χ0v) is 21.0. The topological polar surface area (TPSA) is 81.8 Å². The first-order valence-electron chi connectivity index (χ1n) is 12.8. The fraction of sp³-hybridized carbons (Fsp3) is 0.464. The van der Waals surface area contributed by atoms with Crippen LogP contribution in [0.3, 0.4) is 0 Å². The van der Waals surface area contributed by atoms with E-state index in [-0.39, 0.29) is 24.3 Å². The summed E-state index contributed by atoms with van der Waals surface area (Å²) in [5.41, 5.74) is 2.60. The van der Waals surface area contributed by atoms with Crippen molar-refractivity contribution < 1.29 is 14.4 Å². The van der Waals surface area contributed by atoms with Crippen molar-refractivity contribution in [1.29, 1.82) is 0 Å². The van der Waals surface area contributed by atoms with E-state index in [4.69, 9.17) is 0 Å². The Labute approximate surface area is 208 Å². The quantitative estimate of drug-likeness (QED) is 0.503. The van der Waals surface area contributed by atoms with Crippen molar-refractivity contribution in [1.82, 2.24) is 9.80 Å². The molecule has 0 atom stereocenters. The number of likely N-dealkylation sites (tertiary alicyclic amines) is 1. The molecule has 0 aromatic heterocycles. The van der Waals surface area contributed by atoms with Crippen molar-refractivity contribution in [3.05, 3.63) is 59.7 Å². The number of anilines is 2. The lowest BCUT2D eigenvalue weighted by molar-refractivity contribution is -0.114. The number of rotatable bonds is 10. The van der Waals surface area contributed by atoms with E-state index in [1.54, 1.807) is 36.4 Å². The number of benzene rings is 2. The Morgan fingerprint density at radius 2 is 1.49 bits per heavy atom. The molecule has 0 unspecified atom stereocenters.